The summed E-state index contributed by atoms with van der Waals surface area (Å²) in [5.41, 5.74) is -2.52. The number of aromatic nitrogens is 1. The van der Waals surface area contributed by atoms with Gasteiger partial charge in [0.1, 0.15) is 0 Å². The lowest BCUT2D eigenvalue weighted by molar-refractivity contribution is -0.265. The number of amides is 2. The number of nitrogens with one attached hydrogen (secondary N) is 2. The second kappa shape index (κ2) is 7.18. The number of carbonyl (C=O) groups excluding carboxylic acids is 1. The molecule has 0 saturated heterocycles. The molecule has 27 heavy (non-hydrogen) atoms. The highest BCUT2D eigenvalue weighted by Gasteiger charge is 2.58. The molecule has 0 radical (unpaired) electrons. The summed E-state index contributed by atoms with van der Waals surface area (Å²) in [6.45, 7) is 0.188. The van der Waals surface area contributed by atoms with Crippen molar-refractivity contribution in [2.75, 3.05) is 5.32 Å². The minimum absolute atomic E-state index is 0.00723. The maximum Gasteiger partial charge on any atom is 0.421 e. The molecule has 10 heteroatoms. The first-order valence-electron chi connectivity index (χ1n) is 7.87. The summed E-state index contributed by atoms with van der Waals surface area (Å²) in [5, 5.41) is 14.8. The van der Waals surface area contributed by atoms with Crippen LogP contribution >= 0.6 is 23.2 Å². The Kier molecular flexibility index (Phi) is 5.24. The van der Waals surface area contributed by atoms with Gasteiger partial charge in [0, 0.05) is 18.9 Å². The molecule has 1 aromatic carbocycles. The van der Waals surface area contributed by atoms with Crippen molar-refractivity contribution in [2.45, 2.75) is 31.2 Å². The van der Waals surface area contributed by atoms with E-state index < -0.39 is 24.2 Å². The van der Waals surface area contributed by atoms with Crippen molar-refractivity contribution in [3.63, 3.8) is 0 Å². The van der Waals surface area contributed by atoms with Crippen LogP contribution in [0.1, 0.15) is 23.1 Å². The van der Waals surface area contributed by atoms with Gasteiger partial charge in [-0.15, -0.1) is 0 Å². The molecule has 0 aliphatic heterocycles. The van der Waals surface area contributed by atoms with Gasteiger partial charge in [0.25, 0.3) is 0 Å². The van der Waals surface area contributed by atoms with Crippen LogP contribution in [0.15, 0.2) is 30.6 Å². The number of anilines is 1. The normalized spacial score (nSPS) is 18.9. The molecule has 5 nitrogen and oxygen atoms in total. The number of benzene rings is 1. The van der Waals surface area contributed by atoms with Crippen LogP contribution in [0.2, 0.25) is 10.0 Å². The number of alkyl halides is 3. The molecule has 1 aliphatic carbocycles. The summed E-state index contributed by atoms with van der Waals surface area (Å²) in [5.74, 6) is 0. The smallest absolute Gasteiger partial charge is 0.376 e. The molecule has 1 heterocycles. The van der Waals surface area contributed by atoms with Crippen LogP contribution in [-0.2, 0) is 18.6 Å². The zero-order valence-electron chi connectivity index (χ0n) is 13.7. The van der Waals surface area contributed by atoms with Gasteiger partial charge in [0.15, 0.2) is 5.60 Å². The lowest BCUT2D eigenvalue weighted by Crippen LogP contribution is -2.40. The van der Waals surface area contributed by atoms with Gasteiger partial charge >= 0.3 is 12.2 Å². The fourth-order valence-corrected chi connectivity index (χ4v) is 3.61. The quantitative estimate of drug-likeness (QED) is 0.689. The van der Waals surface area contributed by atoms with Gasteiger partial charge in [-0.2, -0.15) is 13.2 Å². The summed E-state index contributed by atoms with van der Waals surface area (Å²) in [6.07, 6.45) is -2.34. The van der Waals surface area contributed by atoms with Crippen molar-refractivity contribution in [1.29, 1.82) is 0 Å². The number of urea groups is 1. The summed E-state index contributed by atoms with van der Waals surface area (Å²) in [6, 6.07) is 3.85. The third kappa shape index (κ3) is 3.69. The van der Waals surface area contributed by atoms with E-state index in [0.717, 1.165) is 11.6 Å². The molecular weight excluding hydrogens is 406 g/mol. The number of carbonyl (C=O) groups is 1. The molecule has 3 rings (SSSR count). The van der Waals surface area contributed by atoms with E-state index >= 15 is 0 Å². The summed E-state index contributed by atoms with van der Waals surface area (Å²) in [7, 11) is 0. The zero-order valence-corrected chi connectivity index (χ0v) is 15.2. The first kappa shape index (κ1) is 19.7. The Hall–Kier alpha value is -2.03. The molecule has 0 bridgehead atoms. The Balaban J connectivity index is 1.81. The van der Waals surface area contributed by atoms with Crippen molar-refractivity contribution in [1.82, 2.24) is 10.3 Å². The van der Waals surface area contributed by atoms with Crippen molar-refractivity contribution in [3.05, 3.63) is 57.3 Å². The standard InChI is InChI=1S/C17H14Cl2F3N3O2/c18-12-6-11-10(3-4-16(11,27)17(20,21)22)13(19)14(12)25-15(26)24-8-9-2-1-5-23-7-9/h1-2,5-7,27H,3-4,8H2,(H2,24,25,26). The van der Waals surface area contributed by atoms with E-state index in [2.05, 4.69) is 15.6 Å². The molecule has 0 spiro atoms. The van der Waals surface area contributed by atoms with Gasteiger partial charge < -0.3 is 15.7 Å². The van der Waals surface area contributed by atoms with Crippen LogP contribution < -0.4 is 10.6 Å². The van der Waals surface area contributed by atoms with Crippen molar-refractivity contribution >= 4 is 34.9 Å². The Morgan fingerprint density at radius 3 is 2.74 bits per heavy atom. The SMILES string of the molecule is O=C(NCc1cccnc1)Nc1c(Cl)cc2c(c1Cl)CCC2(O)C(F)(F)F. The van der Waals surface area contributed by atoms with Gasteiger partial charge in [-0.1, -0.05) is 29.3 Å². The minimum Gasteiger partial charge on any atom is -0.376 e. The van der Waals surface area contributed by atoms with E-state index in [4.69, 9.17) is 23.2 Å². The highest BCUT2D eigenvalue weighted by atomic mass is 35.5. The van der Waals surface area contributed by atoms with Crippen LogP contribution in [0.5, 0.6) is 0 Å². The second-order valence-corrected chi connectivity index (χ2v) is 6.89. The maximum atomic E-state index is 13.2. The van der Waals surface area contributed by atoms with Crippen LogP contribution in [-0.4, -0.2) is 22.3 Å². The Morgan fingerprint density at radius 2 is 2.11 bits per heavy atom. The summed E-state index contributed by atoms with van der Waals surface area (Å²) < 4.78 is 39.7. The average Bonchev–Trinajstić information content (AvgIpc) is 2.96. The highest BCUT2D eigenvalue weighted by Crippen LogP contribution is 2.52. The Bertz CT molecular complexity index is 878. The monoisotopic (exact) mass is 419 g/mol. The Morgan fingerprint density at radius 1 is 1.37 bits per heavy atom. The number of nitrogens with zero attached hydrogens (tertiary/aromatic N) is 1. The number of hydrogen-bond acceptors (Lipinski definition) is 3. The van der Waals surface area contributed by atoms with E-state index in [1.54, 1.807) is 24.5 Å². The van der Waals surface area contributed by atoms with Gasteiger partial charge in [0.05, 0.1) is 15.7 Å². The molecule has 3 N–H and O–H groups in total. The lowest BCUT2D eigenvalue weighted by Gasteiger charge is -2.27. The molecule has 0 saturated carbocycles. The number of aliphatic hydroxyl groups is 1. The predicted molar refractivity (Wildman–Crippen MR) is 94.8 cm³/mol. The van der Waals surface area contributed by atoms with Gasteiger partial charge in [0.2, 0.25) is 0 Å². The number of halogens is 5. The van der Waals surface area contributed by atoms with Crippen LogP contribution in [0, 0.1) is 0 Å². The number of hydrogen-bond donors (Lipinski definition) is 3. The maximum absolute atomic E-state index is 13.2. The Labute approximate surface area is 162 Å². The third-order valence-corrected chi connectivity index (χ3v) is 5.10. The third-order valence-electron chi connectivity index (χ3n) is 4.39. The van der Waals surface area contributed by atoms with Crippen LogP contribution in [0.25, 0.3) is 0 Å². The fraction of sp³-hybridized carbons (Fsp3) is 0.294. The fourth-order valence-electron chi connectivity index (χ4n) is 2.97. The average molecular weight is 420 g/mol. The largest absolute Gasteiger partial charge is 0.421 e. The van der Waals surface area contributed by atoms with E-state index in [9.17, 15) is 23.1 Å². The topological polar surface area (TPSA) is 74.2 Å². The molecule has 1 unspecified atom stereocenters. The highest BCUT2D eigenvalue weighted by molar-refractivity contribution is 6.40. The molecule has 2 amide bonds. The lowest BCUT2D eigenvalue weighted by atomic mass is 9.95. The molecule has 0 fully saturated rings. The summed E-state index contributed by atoms with van der Waals surface area (Å²) in [4.78, 5) is 16.0. The second-order valence-electron chi connectivity index (χ2n) is 6.10. The molecule has 144 valence electrons. The van der Waals surface area contributed by atoms with Gasteiger partial charge in [-0.25, -0.2) is 4.79 Å². The van der Waals surface area contributed by atoms with E-state index in [0.29, 0.717) is 0 Å². The number of pyridine rings is 1. The van der Waals surface area contributed by atoms with Gasteiger partial charge in [-0.3, -0.25) is 4.98 Å². The first-order chi connectivity index (χ1) is 12.6. The van der Waals surface area contributed by atoms with E-state index in [1.165, 1.54) is 0 Å². The molecular formula is C17H14Cl2F3N3O2. The predicted octanol–water partition coefficient (Wildman–Crippen LogP) is 4.41. The van der Waals surface area contributed by atoms with E-state index in [1.807, 2.05) is 0 Å². The molecule has 1 aliphatic rings. The van der Waals surface area contributed by atoms with Crippen molar-refractivity contribution in [2.24, 2.45) is 0 Å². The van der Waals surface area contributed by atoms with Crippen molar-refractivity contribution < 1.29 is 23.1 Å². The summed E-state index contributed by atoms with van der Waals surface area (Å²) >= 11 is 12.2. The molecule has 2 aromatic rings. The van der Waals surface area contributed by atoms with Crippen LogP contribution in [0.3, 0.4) is 0 Å². The van der Waals surface area contributed by atoms with Gasteiger partial charge in [-0.05, 0) is 41.7 Å². The number of rotatable bonds is 3. The minimum atomic E-state index is -4.86. The molecule has 1 aromatic heterocycles. The van der Waals surface area contributed by atoms with Crippen LogP contribution in [0.4, 0.5) is 23.7 Å². The first-order valence-corrected chi connectivity index (χ1v) is 8.63. The van der Waals surface area contributed by atoms with E-state index in [-0.39, 0.29) is 39.8 Å². The molecule has 1 atom stereocenters. The zero-order chi connectivity index (χ0) is 19.8. The van der Waals surface area contributed by atoms with Crippen molar-refractivity contribution in [3.8, 4) is 0 Å². The number of fused-ring (bicyclic) bond motifs is 1.